The number of hydrogen-bond donors (Lipinski definition) is 7. The van der Waals surface area contributed by atoms with E-state index in [4.69, 9.17) is 24.7 Å². The summed E-state index contributed by atoms with van der Waals surface area (Å²) < 4.78 is 23.6. The molecule has 0 radical (unpaired) electrons. The van der Waals surface area contributed by atoms with Crippen molar-refractivity contribution >= 4 is 45.8 Å². The van der Waals surface area contributed by atoms with Gasteiger partial charge >= 0.3 is 11.8 Å². The number of allylic oxidation sites excluding steroid dienone is 2. The number of ether oxygens (including phenoxy) is 4. The number of anilines is 1. The Morgan fingerprint density at radius 3 is 2.37 bits per heavy atom. The number of aliphatic hydroxyl groups is 2. The summed E-state index contributed by atoms with van der Waals surface area (Å²) >= 11 is 0. The highest BCUT2D eigenvalue weighted by Gasteiger charge is 2.49. The predicted octanol–water partition coefficient (Wildman–Crippen LogP) is 5.06. The molecule has 0 aromatic heterocycles. The highest BCUT2D eigenvalue weighted by Crippen LogP contribution is 2.54. The lowest BCUT2D eigenvalue weighted by Crippen LogP contribution is -2.46. The smallest absolute Gasteiger partial charge is 0.312 e. The number of ketones is 1. The van der Waals surface area contributed by atoms with Gasteiger partial charge in [-0.1, -0.05) is 45.9 Å². The molecule has 322 valence electrons. The van der Waals surface area contributed by atoms with E-state index in [-0.39, 0.29) is 50.6 Å². The molecule has 2 aromatic rings. The second-order valence-electron chi connectivity index (χ2n) is 15.3. The summed E-state index contributed by atoms with van der Waals surface area (Å²) in [5, 5.41) is 59.8. The molecule has 3 aliphatic heterocycles. The van der Waals surface area contributed by atoms with Crippen LogP contribution >= 0.6 is 0 Å². The third-order valence-corrected chi connectivity index (χ3v) is 11.0. The van der Waals surface area contributed by atoms with Crippen LogP contribution in [0.3, 0.4) is 0 Å². The maximum Gasteiger partial charge on any atom is 0.312 e. The monoisotopic (exact) mass is 822 g/mol. The van der Waals surface area contributed by atoms with Gasteiger partial charge in [-0.25, -0.2) is 0 Å². The molecule has 5 rings (SSSR count). The number of Topliss-reactive ketones (excluding diaryl/α,β-unsaturated/α-hetero) is 1. The average molecular weight is 823 g/mol. The molecule has 0 unspecified atom stereocenters. The van der Waals surface area contributed by atoms with Crippen molar-refractivity contribution in [1.29, 1.82) is 0 Å². The third-order valence-electron chi connectivity index (χ3n) is 11.0. The number of carbonyl (C=O) groups is 3. The largest absolute Gasteiger partial charge is 0.507 e. The highest BCUT2D eigenvalue weighted by molar-refractivity contribution is 6.22. The number of aromatic hydroxyl groups is 2. The molecule has 0 saturated heterocycles. The molecule has 17 nitrogen and oxygen atoms in total. The molecule has 5 bridgehead atoms. The predicted molar refractivity (Wildman–Crippen MR) is 222 cm³/mol. The average Bonchev–Trinajstić information content (AvgIpc) is 3.46. The standard InChI is InChI=1S/C42H58N6O11/c1-20-13-11-14-21(2)40(55)46-28-19-27(47-48-41(43)45-17-12-16-44-9)30-31(36(28)53)35(52)25(6)38-32(30)39(54)42(8,59-38)57-18-15-29(56-10)22(3)37(58-26(7)49)24(5)34(51)23(4)33(20)50/h11,13-15,18-20,22-24,29,33-34,37,44,50-53H,12,16-17H2,1-10H3,(H2,43,45)(H,46,55)/b13-11+,18-15+,21-14-,48-47?/t20-,22-,23+,24-,29-,33-,34+,37+,42-/m0/s1. The van der Waals surface area contributed by atoms with Crippen LogP contribution in [-0.2, 0) is 23.8 Å². The molecule has 0 saturated carbocycles. The molecular formula is C42H58N6O11. The number of nitrogens with zero attached hydrogens (tertiary/aromatic N) is 3. The van der Waals surface area contributed by atoms with Crippen LogP contribution in [0.2, 0.25) is 0 Å². The highest BCUT2D eigenvalue weighted by atomic mass is 16.7. The van der Waals surface area contributed by atoms with Crippen LogP contribution < -0.4 is 21.1 Å². The summed E-state index contributed by atoms with van der Waals surface area (Å²) in [5.74, 6) is -7.65. The van der Waals surface area contributed by atoms with E-state index >= 15 is 0 Å². The Labute approximate surface area is 344 Å². The maximum absolute atomic E-state index is 14.5. The number of benzene rings is 2. The molecule has 3 heterocycles. The number of amides is 1. The molecule has 8 N–H and O–H groups in total. The van der Waals surface area contributed by atoms with Crippen molar-refractivity contribution < 1.29 is 53.8 Å². The zero-order valence-corrected chi connectivity index (χ0v) is 35.3. The summed E-state index contributed by atoms with van der Waals surface area (Å²) in [6.45, 7) is 13.6. The van der Waals surface area contributed by atoms with Gasteiger partial charge in [0.1, 0.15) is 17.6 Å². The first kappa shape index (κ1) is 46.3. The number of hydrogen-bond acceptors (Lipinski definition) is 14. The molecule has 1 amide bonds. The Bertz CT molecular complexity index is 2060. The van der Waals surface area contributed by atoms with Crippen molar-refractivity contribution in [3.63, 3.8) is 0 Å². The maximum atomic E-state index is 14.5. The topological polar surface area (TPSA) is 256 Å². The minimum absolute atomic E-state index is 0.0479. The molecule has 9 atom stereocenters. The summed E-state index contributed by atoms with van der Waals surface area (Å²) in [5.41, 5.74) is 6.01. The lowest BCUT2D eigenvalue weighted by Gasteiger charge is -2.38. The number of azo groups is 1. The number of guanidine groups is 1. The quantitative estimate of drug-likeness (QED) is 0.0482. The summed E-state index contributed by atoms with van der Waals surface area (Å²) in [6.07, 6.45) is 4.30. The number of nitrogens with two attached hydrogens (primary N) is 1. The SMILES string of the molecule is CNCCCN=C(N)N=Nc1cc2c(O)c3c(O)c(C)c4c(c13)C(=O)[C@@](C)(O/C=C/[C@H](OC)[C@H](C)[C@@H](OC(C)=O)[C@@H](C)[C@H](O)[C@H](C)[C@@H](O)[C@@H](C)/C=C/C=C(/C)C(=O)N2)O4. The van der Waals surface area contributed by atoms with Crippen molar-refractivity contribution in [2.45, 2.75) is 92.0 Å². The molecular weight excluding hydrogens is 764 g/mol. The van der Waals surface area contributed by atoms with Crippen molar-refractivity contribution in [2.24, 2.45) is 44.6 Å². The van der Waals surface area contributed by atoms with Gasteiger partial charge in [0, 0.05) is 67.7 Å². The van der Waals surface area contributed by atoms with Crippen LogP contribution in [0.15, 0.2) is 57.4 Å². The Kier molecular flexibility index (Phi) is 15.4. The van der Waals surface area contributed by atoms with Gasteiger partial charge in [0.25, 0.3) is 11.7 Å². The molecule has 3 aliphatic rings. The van der Waals surface area contributed by atoms with E-state index < -0.39 is 83.0 Å². The summed E-state index contributed by atoms with van der Waals surface area (Å²) in [7, 11) is 3.25. The number of carbonyl (C=O) groups excluding carboxylic acids is 3. The van der Waals surface area contributed by atoms with E-state index in [0.29, 0.717) is 19.5 Å². The second-order valence-corrected chi connectivity index (χ2v) is 15.3. The van der Waals surface area contributed by atoms with E-state index in [2.05, 4.69) is 25.9 Å². The number of fused-ring (bicyclic) bond motifs is 14. The number of aliphatic hydroxyl groups excluding tert-OH is 2. The van der Waals surface area contributed by atoms with Gasteiger partial charge in [-0.3, -0.25) is 19.4 Å². The lowest BCUT2D eigenvalue weighted by molar-refractivity contribution is -0.160. The van der Waals surface area contributed by atoms with E-state index in [1.807, 2.05) is 0 Å². The fourth-order valence-corrected chi connectivity index (χ4v) is 7.32. The van der Waals surface area contributed by atoms with Crippen molar-refractivity contribution in [2.75, 3.05) is 32.6 Å². The Morgan fingerprint density at radius 2 is 1.73 bits per heavy atom. The van der Waals surface area contributed by atoms with Gasteiger partial charge < -0.3 is 55.7 Å². The van der Waals surface area contributed by atoms with Crippen LogP contribution in [0.5, 0.6) is 17.2 Å². The third kappa shape index (κ3) is 10.1. The molecule has 59 heavy (non-hydrogen) atoms. The van der Waals surface area contributed by atoms with Crippen LogP contribution in [0.25, 0.3) is 10.8 Å². The second kappa shape index (κ2) is 19.6. The zero-order chi connectivity index (χ0) is 43.9. The molecule has 17 heteroatoms. The van der Waals surface area contributed by atoms with Gasteiger partial charge in [-0.05, 0) is 46.0 Å². The van der Waals surface area contributed by atoms with Gasteiger partial charge in [0.05, 0.1) is 46.9 Å². The minimum atomic E-state index is -2.01. The molecule has 0 spiro atoms. The van der Waals surface area contributed by atoms with Gasteiger partial charge in [-0.15, -0.1) is 10.2 Å². The number of methoxy groups -OCH3 is 1. The van der Waals surface area contributed by atoms with Gasteiger partial charge in [0.2, 0.25) is 5.96 Å². The van der Waals surface area contributed by atoms with Gasteiger partial charge in [0.15, 0.2) is 5.75 Å². The first-order valence-corrected chi connectivity index (χ1v) is 19.5. The van der Waals surface area contributed by atoms with Crippen molar-refractivity contribution in [3.8, 4) is 17.2 Å². The molecule has 0 aliphatic carbocycles. The van der Waals surface area contributed by atoms with Crippen LogP contribution in [0.4, 0.5) is 11.4 Å². The minimum Gasteiger partial charge on any atom is -0.507 e. The number of aliphatic imine (C=N–C) groups is 1. The first-order valence-electron chi connectivity index (χ1n) is 19.5. The van der Waals surface area contributed by atoms with E-state index in [1.54, 1.807) is 46.9 Å². The lowest BCUT2D eigenvalue weighted by atomic mass is 9.78. The fraction of sp³-hybridized carbons (Fsp3) is 0.524. The normalized spacial score (nSPS) is 30.4. The molecule has 0 fully saturated rings. The first-order chi connectivity index (χ1) is 27.8. The number of phenolic OH excluding ortho intramolecular Hbond substituents is 2. The Balaban J connectivity index is 1.95. The van der Waals surface area contributed by atoms with E-state index in [9.17, 15) is 34.8 Å². The van der Waals surface area contributed by atoms with E-state index in [0.717, 1.165) is 0 Å². The number of phenols is 2. The summed E-state index contributed by atoms with van der Waals surface area (Å²) in [4.78, 5) is 44.5. The van der Waals surface area contributed by atoms with Crippen LogP contribution in [-0.4, -0.2) is 101 Å². The zero-order valence-electron chi connectivity index (χ0n) is 35.3. The molecule has 2 aromatic carbocycles. The van der Waals surface area contributed by atoms with Gasteiger partial charge in [-0.2, -0.15) is 0 Å². The fourth-order valence-electron chi connectivity index (χ4n) is 7.32. The Hall–Kier alpha value is -5.36. The van der Waals surface area contributed by atoms with Crippen LogP contribution in [0.1, 0.15) is 70.8 Å². The van der Waals surface area contributed by atoms with Crippen LogP contribution in [0, 0.1) is 30.6 Å². The Morgan fingerprint density at radius 1 is 1.03 bits per heavy atom. The van der Waals surface area contributed by atoms with Crippen molar-refractivity contribution in [1.82, 2.24) is 5.32 Å². The van der Waals surface area contributed by atoms with E-state index in [1.165, 1.54) is 59.3 Å². The van der Waals surface area contributed by atoms with Crippen molar-refractivity contribution in [3.05, 3.63) is 53.3 Å². The number of rotatable bonds is 7. The summed E-state index contributed by atoms with van der Waals surface area (Å²) in [6, 6.07) is 1.28. The number of nitrogens with one attached hydrogen (secondary N) is 2. The number of esters is 1.